The summed E-state index contributed by atoms with van der Waals surface area (Å²) in [6.07, 6.45) is 6.98. The zero-order valence-electron chi connectivity index (χ0n) is 15.4. The first kappa shape index (κ1) is 16.6. The molecule has 3 fully saturated rings. The smallest absolute Gasteiger partial charge is 0.223 e. The van der Waals surface area contributed by atoms with Crippen molar-refractivity contribution in [2.45, 2.75) is 45.1 Å². The van der Waals surface area contributed by atoms with Gasteiger partial charge >= 0.3 is 0 Å². The van der Waals surface area contributed by atoms with Gasteiger partial charge < -0.3 is 10.2 Å². The Hall–Kier alpha value is -1.85. The molecule has 1 aliphatic heterocycles. The number of likely N-dealkylation sites (tertiary alicyclic amines) is 1. The quantitative estimate of drug-likeness (QED) is 0.906. The van der Waals surface area contributed by atoms with Gasteiger partial charge in [-0.15, -0.1) is 0 Å². The van der Waals surface area contributed by atoms with Crippen molar-refractivity contribution < 1.29 is 9.59 Å². The molecule has 1 saturated heterocycles. The predicted octanol–water partition coefficient (Wildman–Crippen LogP) is 1.80. The summed E-state index contributed by atoms with van der Waals surface area (Å²) < 4.78 is 1.84. The lowest BCUT2D eigenvalue weighted by atomic mass is 9.88. The molecule has 3 aliphatic rings. The molecular formula is C19H28N4O2. The van der Waals surface area contributed by atoms with E-state index in [9.17, 15) is 9.59 Å². The molecule has 0 radical (unpaired) electrons. The highest BCUT2D eigenvalue weighted by Crippen LogP contribution is 2.51. The molecule has 0 spiro atoms. The Balaban J connectivity index is 1.42. The van der Waals surface area contributed by atoms with Crippen LogP contribution in [-0.2, 0) is 16.6 Å². The number of carbonyl (C=O) groups excluding carboxylic acids is 2. The van der Waals surface area contributed by atoms with Crippen molar-refractivity contribution >= 4 is 11.8 Å². The average molecular weight is 344 g/mol. The molecule has 2 amide bonds. The summed E-state index contributed by atoms with van der Waals surface area (Å²) in [5, 5.41) is 7.48. The van der Waals surface area contributed by atoms with Gasteiger partial charge in [-0.3, -0.25) is 14.3 Å². The van der Waals surface area contributed by atoms with Gasteiger partial charge in [0.05, 0.1) is 12.2 Å². The Morgan fingerprint density at radius 1 is 1.28 bits per heavy atom. The van der Waals surface area contributed by atoms with E-state index in [-0.39, 0.29) is 29.7 Å². The minimum Gasteiger partial charge on any atom is -0.355 e. The fourth-order valence-electron chi connectivity index (χ4n) is 4.87. The van der Waals surface area contributed by atoms with Crippen LogP contribution in [0.3, 0.4) is 0 Å². The molecule has 2 saturated carbocycles. The SMILES string of the molecule is Cc1c([C@@H]2[C@@H](CNC(=O)C3CCC4CC4C3)CC(=O)N2C)cnn1C. The zero-order chi connectivity index (χ0) is 17.7. The second kappa shape index (κ2) is 6.15. The summed E-state index contributed by atoms with van der Waals surface area (Å²) in [7, 11) is 3.77. The van der Waals surface area contributed by atoms with Crippen molar-refractivity contribution in [1.82, 2.24) is 20.0 Å². The van der Waals surface area contributed by atoms with Crippen LogP contribution in [0.25, 0.3) is 0 Å². The van der Waals surface area contributed by atoms with E-state index >= 15 is 0 Å². The summed E-state index contributed by atoms with van der Waals surface area (Å²) in [5.41, 5.74) is 2.17. The van der Waals surface area contributed by atoms with Crippen LogP contribution in [0.1, 0.15) is 49.4 Å². The van der Waals surface area contributed by atoms with E-state index in [0.717, 1.165) is 35.9 Å². The van der Waals surface area contributed by atoms with E-state index in [2.05, 4.69) is 10.4 Å². The number of carbonyl (C=O) groups is 2. The standard InChI is InChI=1S/C19H28N4O2/c1-11-16(10-21-23(11)3)18-15(8-17(24)22(18)2)9-20-19(25)13-5-4-12-6-14(12)7-13/h10,12-15,18H,4-9H2,1-3H3,(H,20,25)/t12?,13?,14?,15-,18+/m1/s1. The molecule has 6 nitrogen and oxygen atoms in total. The fraction of sp³-hybridized carbons (Fsp3) is 0.737. The number of aryl methyl sites for hydroxylation is 1. The number of nitrogens with zero attached hydrogens (tertiary/aromatic N) is 3. The minimum atomic E-state index is 0.000619. The topological polar surface area (TPSA) is 67.2 Å². The Labute approximate surface area is 148 Å². The number of fused-ring (bicyclic) bond motifs is 1. The van der Waals surface area contributed by atoms with Crippen molar-refractivity contribution in [3.63, 3.8) is 0 Å². The van der Waals surface area contributed by atoms with Crippen LogP contribution in [0.2, 0.25) is 0 Å². The normalized spacial score (nSPS) is 34.1. The van der Waals surface area contributed by atoms with E-state index in [0.29, 0.717) is 13.0 Å². The van der Waals surface area contributed by atoms with Gasteiger partial charge in [0.15, 0.2) is 0 Å². The number of nitrogens with one attached hydrogen (secondary N) is 1. The third-order valence-corrected chi connectivity index (χ3v) is 6.74. The van der Waals surface area contributed by atoms with E-state index < -0.39 is 0 Å². The lowest BCUT2D eigenvalue weighted by Gasteiger charge is -2.26. The van der Waals surface area contributed by atoms with E-state index in [1.165, 1.54) is 12.8 Å². The molecule has 5 atom stereocenters. The summed E-state index contributed by atoms with van der Waals surface area (Å²) in [4.78, 5) is 26.7. The molecule has 0 aromatic carbocycles. The van der Waals surface area contributed by atoms with Gasteiger partial charge in [-0.2, -0.15) is 5.10 Å². The van der Waals surface area contributed by atoms with E-state index in [4.69, 9.17) is 0 Å². The third-order valence-electron chi connectivity index (χ3n) is 6.74. The Morgan fingerprint density at radius 2 is 2.08 bits per heavy atom. The van der Waals surface area contributed by atoms with Crippen LogP contribution in [0.15, 0.2) is 6.20 Å². The average Bonchev–Trinajstić information content (AvgIpc) is 3.24. The van der Waals surface area contributed by atoms with Crippen LogP contribution in [0, 0.1) is 30.6 Å². The maximum absolute atomic E-state index is 12.6. The highest BCUT2D eigenvalue weighted by molar-refractivity contribution is 5.81. The maximum atomic E-state index is 12.6. The van der Waals surface area contributed by atoms with Gasteiger partial charge in [0.2, 0.25) is 11.8 Å². The molecule has 2 aliphatic carbocycles. The highest BCUT2D eigenvalue weighted by Gasteiger charge is 2.44. The molecule has 1 N–H and O–H groups in total. The molecule has 6 heteroatoms. The molecule has 4 rings (SSSR count). The zero-order valence-corrected chi connectivity index (χ0v) is 15.4. The van der Waals surface area contributed by atoms with Gasteiger partial charge in [-0.25, -0.2) is 0 Å². The van der Waals surface area contributed by atoms with Crippen molar-refractivity contribution in [2.75, 3.05) is 13.6 Å². The second-order valence-electron chi connectivity index (χ2n) is 8.23. The van der Waals surface area contributed by atoms with Crippen molar-refractivity contribution in [1.29, 1.82) is 0 Å². The lowest BCUT2D eigenvalue weighted by Crippen LogP contribution is -2.37. The van der Waals surface area contributed by atoms with Crippen LogP contribution < -0.4 is 5.32 Å². The fourth-order valence-corrected chi connectivity index (χ4v) is 4.87. The van der Waals surface area contributed by atoms with Gasteiger partial charge in [-0.1, -0.05) is 0 Å². The van der Waals surface area contributed by atoms with Crippen molar-refractivity contribution in [3.8, 4) is 0 Å². The Kier molecular flexibility index (Phi) is 4.08. The first-order valence-corrected chi connectivity index (χ1v) is 9.47. The molecule has 136 valence electrons. The first-order valence-electron chi connectivity index (χ1n) is 9.47. The Bertz CT molecular complexity index is 698. The minimum absolute atomic E-state index is 0.000619. The molecule has 3 unspecified atom stereocenters. The van der Waals surface area contributed by atoms with E-state index in [1.807, 2.05) is 36.8 Å². The third kappa shape index (κ3) is 2.96. The number of hydrogen-bond acceptors (Lipinski definition) is 3. The summed E-state index contributed by atoms with van der Waals surface area (Å²) in [6.45, 7) is 2.60. The first-order chi connectivity index (χ1) is 12.0. The summed E-state index contributed by atoms with van der Waals surface area (Å²) >= 11 is 0. The molecule has 1 aromatic rings. The van der Waals surface area contributed by atoms with Gasteiger partial charge in [0.1, 0.15) is 0 Å². The number of amides is 2. The van der Waals surface area contributed by atoms with Gasteiger partial charge in [-0.05, 0) is 44.4 Å². The van der Waals surface area contributed by atoms with Crippen molar-refractivity contribution in [3.05, 3.63) is 17.5 Å². The number of rotatable bonds is 4. The monoisotopic (exact) mass is 344 g/mol. The summed E-state index contributed by atoms with van der Waals surface area (Å²) in [6, 6.07) is 0.000619. The molecule has 25 heavy (non-hydrogen) atoms. The lowest BCUT2D eigenvalue weighted by molar-refractivity contribution is -0.128. The van der Waals surface area contributed by atoms with Crippen molar-refractivity contribution in [2.24, 2.45) is 30.7 Å². The second-order valence-corrected chi connectivity index (χ2v) is 8.23. The number of hydrogen-bond donors (Lipinski definition) is 1. The molecule has 0 bridgehead atoms. The molecule has 1 aromatic heterocycles. The van der Waals surface area contributed by atoms with Crippen LogP contribution in [0.5, 0.6) is 0 Å². The van der Waals surface area contributed by atoms with E-state index in [1.54, 1.807) is 0 Å². The van der Waals surface area contributed by atoms with Gasteiger partial charge in [0.25, 0.3) is 0 Å². The van der Waals surface area contributed by atoms with Crippen LogP contribution in [-0.4, -0.2) is 40.1 Å². The van der Waals surface area contributed by atoms with Crippen LogP contribution >= 0.6 is 0 Å². The Morgan fingerprint density at radius 3 is 2.76 bits per heavy atom. The summed E-state index contributed by atoms with van der Waals surface area (Å²) in [5.74, 6) is 2.33. The maximum Gasteiger partial charge on any atom is 0.223 e. The number of aromatic nitrogens is 2. The highest BCUT2D eigenvalue weighted by atomic mass is 16.2. The predicted molar refractivity (Wildman–Crippen MR) is 93.5 cm³/mol. The largest absolute Gasteiger partial charge is 0.355 e. The van der Waals surface area contributed by atoms with Gasteiger partial charge in [0, 0.05) is 50.2 Å². The van der Waals surface area contributed by atoms with Crippen LogP contribution in [0.4, 0.5) is 0 Å². The molecular weight excluding hydrogens is 316 g/mol. The molecule has 2 heterocycles.